The Labute approximate surface area is 162 Å². The average molecular weight is 385 g/mol. The molecule has 3 amide bonds. The Morgan fingerprint density at radius 3 is 2.33 bits per heavy atom. The lowest BCUT2D eigenvalue weighted by atomic mass is 9.63. The fourth-order valence-corrected chi connectivity index (χ4v) is 5.62. The number of allylic oxidation sites excluding steroid dienone is 2. The molecule has 2 bridgehead atoms. The number of nitrogens with zero attached hydrogens (tertiary/aromatic N) is 1. The highest BCUT2D eigenvalue weighted by atomic mass is 35.5. The highest BCUT2D eigenvalue weighted by molar-refractivity contribution is 6.31. The van der Waals surface area contributed by atoms with Crippen molar-refractivity contribution in [3.63, 3.8) is 0 Å². The van der Waals surface area contributed by atoms with Crippen molar-refractivity contribution >= 4 is 35.0 Å². The monoisotopic (exact) mass is 384 g/mol. The van der Waals surface area contributed by atoms with Crippen molar-refractivity contribution in [1.29, 1.82) is 0 Å². The molecule has 1 saturated heterocycles. The molecule has 3 fully saturated rings. The number of halogens is 1. The molecule has 1 aromatic carbocycles. The Balaban J connectivity index is 1.39. The summed E-state index contributed by atoms with van der Waals surface area (Å²) < 4.78 is 0. The van der Waals surface area contributed by atoms with Gasteiger partial charge in [0.1, 0.15) is 6.04 Å². The van der Waals surface area contributed by atoms with Gasteiger partial charge in [-0.25, -0.2) is 0 Å². The molecule has 5 aliphatic rings. The second-order valence-corrected chi connectivity index (χ2v) is 8.76. The minimum atomic E-state index is -0.843. The van der Waals surface area contributed by atoms with Crippen molar-refractivity contribution in [3.05, 3.63) is 40.9 Å². The second-order valence-electron chi connectivity index (χ2n) is 8.33. The summed E-state index contributed by atoms with van der Waals surface area (Å²) in [7, 11) is 0. The fraction of sp³-hybridized carbons (Fsp3) is 0.476. The van der Waals surface area contributed by atoms with Crippen LogP contribution in [0.2, 0.25) is 5.02 Å². The number of likely N-dealkylation sites (tertiary alicyclic amines) is 1. The van der Waals surface area contributed by atoms with Gasteiger partial charge in [-0.2, -0.15) is 0 Å². The zero-order chi connectivity index (χ0) is 19.0. The number of anilines is 1. The normalized spacial score (nSPS) is 36.5. The molecule has 4 aliphatic carbocycles. The van der Waals surface area contributed by atoms with E-state index < -0.39 is 6.04 Å². The van der Waals surface area contributed by atoms with Crippen LogP contribution in [0.4, 0.5) is 5.69 Å². The molecule has 5 nitrogen and oxygen atoms in total. The second kappa shape index (κ2) is 5.68. The van der Waals surface area contributed by atoms with Gasteiger partial charge in [0.05, 0.1) is 11.8 Å². The van der Waals surface area contributed by atoms with Crippen molar-refractivity contribution in [3.8, 4) is 0 Å². The maximum atomic E-state index is 13.1. The first-order valence-corrected chi connectivity index (χ1v) is 9.88. The molecule has 1 N–H and O–H groups in total. The summed E-state index contributed by atoms with van der Waals surface area (Å²) in [6, 6.07) is 4.40. The Bertz CT molecular complexity index is 875. The highest BCUT2D eigenvalue weighted by Crippen LogP contribution is 2.65. The quantitative estimate of drug-likeness (QED) is 0.643. The molecule has 6 rings (SSSR count). The average Bonchev–Trinajstić information content (AvgIpc) is 3.42. The lowest BCUT2D eigenvalue weighted by Crippen LogP contribution is -2.46. The zero-order valence-corrected chi connectivity index (χ0v) is 15.9. The molecular formula is C21H21ClN2O3. The summed E-state index contributed by atoms with van der Waals surface area (Å²) in [5, 5.41) is 3.34. The molecule has 7 atom stereocenters. The van der Waals surface area contributed by atoms with E-state index in [-0.39, 0.29) is 41.4 Å². The number of amides is 3. The van der Waals surface area contributed by atoms with Crippen LogP contribution < -0.4 is 5.32 Å². The Hall–Kier alpha value is -2.14. The van der Waals surface area contributed by atoms with E-state index in [0.29, 0.717) is 22.5 Å². The molecule has 1 aliphatic heterocycles. The molecule has 140 valence electrons. The Morgan fingerprint density at radius 2 is 1.74 bits per heavy atom. The zero-order valence-electron chi connectivity index (χ0n) is 15.2. The molecule has 0 unspecified atom stereocenters. The molecule has 27 heavy (non-hydrogen) atoms. The van der Waals surface area contributed by atoms with Crippen LogP contribution in [0.1, 0.15) is 18.9 Å². The number of hydrogen-bond donors (Lipinski definition) is 1. The smallest absolute Gasteiger partial charge is 0.247 e. The van der Waals surface area contributed by atoms with Crippen molar-refractivity contribution in [2.24, 2.45) is 35.5 Å². The van der Waals surface area contributed by atoms with Gasteiger partial charge in [0.2, 0.25) is 17.7 Å². The number of nitrogens with one attached hydrogen (secondary N) is 1. The van der Waals surface area contributed by atoms with E-state index in [2.05, 4.69) is 17.5 Å². The third kappa shape index (κ3) is 2.34. The maximum Gasteiger partial charge on any atom is 0.247 e. The van der Waals surface area contributed by atoms with Crippen LogP contribution >= 0.6 is 11.6 Å². The van der Waals surface area contributed by atoms with E-state index in [1.165, 1.54) is 4.90 Å². The van der Waals surface area contributed by atoms with Crippen molar-refractivity contribution in [2.45, 2.75) is 26.3 Å². The third-order valence-corrected chi connectivity index (χ3v) is 7.16. The first-order valence-electron chi connectivity index (χ1n) is 9.50. The van der Waals surface area contributed by atoms with Crippen LogP contribution in [0.5, 0.6) is 0 Å². The molecule has 1 heterocycles. The molecule has 1 aromatic rings. The molecule has 6 heteroatoms. The molecule has 0 aromatic heterocycles. The van der Waals surface area contributed by atoms with Gasteiger partial charge in [0.25, 0.3) is 0 Å². The van der Waals surface area contributed by atoms with E-state index in [9.17, 15) is 14.4 Å². The number of rotatable bonds is 3. The van der Waals surface area contributed by atoms with Gasteiger partial charge in [-0.05, 0) is 61.6 Å². The van der Waals surface area contributed by atoms with Crippen LogP contribution in [0.25, 0.3) is 0 Å². The van der Waals surface area contributed by atoms with Gasteiger partial charge in [-0.1, -0.05) is 29.8 Å². The lowest BCUT2D eigenvalue weighted by Gasteiger charge is -2.37. The lowest BCUT2D eigenvalue weighted by molar-refractivity contribution is -0.146. The van der Waals surface area contributed by atoms with E-state index in [0.717, 1.165) is 12.0 Å². The van der Waals surface area contributed by atoms with Crippen LogP contribution in [-0.4, -0.2) is 28.7 Å². The standard InChI is InChI=1S/C21H21ClN2O3/c1-9-3-4-11(22)7-16(9)23-19(25)10(2)24-20(26)17-12-5-6-13(15-8-14(12)15)18(17)21(24)27/h3-7,10,12-15,17-18H,8H2,1-2H3,(H,23,25)/t10-,12-,13-,14-,15+,17+,18+/m0/s1. The number of carbonyl (C=O) groups excluding carboxylic acids is 3. The molecule has 2 saturated carbocycles. The predicted molar refractivity (Wildman–Crippen MR) is 101 cm³/mol. The van der Waals surface area contributed by atoms with E-state index >= 15 is 0 Å². The number of aryl methyl sites for hydroxylation is 1. The number of carbonyl (C=O) groups is 3. The predicted octanol–water partition coefficient (Wildman–Crippen LogP) is 3.03. The first-order chi connectivity index (χ1) is 12.9. The minimum absolute atomic E-state index is 0.164. The van der Waals surface area contributed by atoms with Crippen molar-refractivity contribution in [1.82, 2.24) is 4.90 Å². The summed E-state index contributed by atoms with van der Waals surface area (Å²) in [5.74, 6) is 0.145. The van der Waals surface area contributed by atoms with Gasteiger partial charge in [0.15, 0.2) is 0 Å². The van der Waals surface area contributed by atoms with Crippen LogP contribution in [0, 0.1) is 42.4 Å². The topological polar surface area (TPSA) is 66.5 Å². The van der Waals surface area contributed by atoms with Gasteiger partial charge < -0.3 is 5.32 Å². The van der Waals surface area contributed by atoms with Gasteiger partial charge >= 0.3 is 0 Å². The third-order valence-electron chi connectivity index (χ3n) is 6.92. The number of imide groups is 1. The fourth-order valence-electron chi connectivity index (χ4n) is 5.45. The Morgan fingerprint density at radius 1 is 1.15 bits per heavy atom. The number of hydrogen-bond acceptors (Lipinski definition) is 3. The van der Waals surface area contributed by atoms with Crippen LogP contribution in [0.15, 0.2) is 30.4 Å². The molecule has 0 radical (unpaired) electrons. The van der Waals surface area contributed by atoms with Crippen LogP contribution in [0.3, 0.4) is 0 Å². The first kappa shape index (κ1) is 17.0. The van der Waals surface area contributed by atoms with Crippen LogP contribution in [-0.2, 0) is 14.4 Å². The summed E-state index contributed by atoms with van der Waals surface area (Å²) in [6.45, 7) is 3.49. The van der Waals surface area contributed by atoms with E-state index in [1.807, 2.05) is 13.0 Å². The summed E-state index contributed by atoms with van der Waals surface area (Å²) in [4.78, 5) is 40.2. The van der Waals surface area contributed by atoms with E-state index in [4.69, 9.17) is 11.6 Å². The van der Waals surface area contributed by atoms with E-state index in [1.54, 1.807) is 19.1 Å². The van der Waals surface area contributed by atoms with Crippen molar-refractivity contribution in [2.75, 3.05) is 5.32 Å². The van der Waals surface area contributed by atoms with Crippen molar-refractivity contribution < 1.29 is 14.4 Å². The maximum absolute atomic E-state index is 13.1. The van der Waals surface area contributed by atoms with Gasteiger partial charge in [-0.3, -0.25) is 19.3 Å². The summed E-state index contributed by atoms with van der Waals surface area (Å²) >= 11 is 6.02. The molecular weight excluding hydrogens is 364 g/mol. The summed E-state index contributed by atoms with van der Waals surface area (Å²) in [5.41, 5.74) is 1.47. The highest BCUT2D eigenvalue weighted by Gasteiger charge is 2.67. The largest absolute Gasteiger partial charge is 0.324 e. The Kier molecular flexibility index (Phi) is 3.57. The summed E-state index contributed by atoms with van der Waals surface area (Å²) in [6.07, 6.45) is 5.39. The number of benzene rings is 1. The van der Waals surface area contributed by atoms with Gasteiger partial charge in [-0.15, -0.1) is 0 Å². The SMILES string of the molecule is Cc1ccc(Cl)cc1NC(=O)[C@H](C)N1C(=O)[C@@H]2[C@H]3C=C[C@@H]([C@@H]4C[C@H]34)[C@H]2C1=O. The van der Waals surface area contributed by atoms with Gasteiger partial charge in [0, 0.05) is 10.7 Å². The minimum Gasteiger partial charge on any atom is -0.324 e. The molecule has 0 spiro atoms.